The van der Waals surface area contributed by atoms with E-state index in [1.54, 1.807) is 18.2 Å². The molecule has 0 aliphatic heterocycles. The topological polar surface area (TPSA) is 97.4 Å². The number of ether oxygens (including phenoxy) is 1. The number of rotatable bonds is 6. The minimum absolute atomic E-state index is 0.310. The number of carbonyl (C=O) groups excluding carboxylic acids is 3. The van der Waals surface area contributed by atoms with Gasteiger partial charge in [0.25, 0.3) is 5.91 Å². The number of thiazole rings is 1. The van der Waals surface area contributed by atoms with Gasteiger partial charge in [0.05, 0.1) is 15.8 Å². The molecule has 2 N–H and O–H groups in total. The molecule has 144 valence electrons. The van der Waals surface area contributed by atoms with E-state index in [0.29, 0.717) is 22.7 Å². The first-order valence-electron chi connectivity index (χ1n) is 8.78. The van der Waals surface area contributed by atoms with Crippen LogP contribution in [0.1, 0.15) is 23.7 Å². The number of benzene rings is 2. The van der Waals surface area contributed by atoms with Crippen LogP contribution in [0.15, 0.2) is 48.5 Å². The summed E-state index contributed by atoms with van der Waals surface area (Å²) < 4.78 is 6.09. The third-order valence-electron chi connectivity index (χ3n) is 3.79. The minimum Gasteiger partial charge on any atom is -0.452 e. The van der Waals surface area contributed by atoms with E-state index in [9.17, 15) is 14.4 Å². The number of hydrogen-bond acceptors (Lipinski definition) is 6. The number of amides is 3. The highest BCUT2D eigenvalue weighted by Gasteiger charge is 2.18. The third-order valence-corrected chi connectivity index (χ3v) is 4.86. The summed E-state index contributed by atoms with van der Waals surface area (Å²) in [7, 11) is 0. The van der Waals surface area contributed by atoms with Gasteiger partial charge in [-0.25, -0.2) is 14.6 Å². The van der Waals surface area contributed by atoms with Crippen molar-refractivity contribution < 1.29 is 19.1 Å². The predicted molar refractivity (Wildman–Crippen MR) is 107 cm³/mol. The van der Waals surface area contributed by atoms with E-state index in [0.717, 1.165) is 16.6 Å². The molecule has 7 nitrogen and oxygen atoms in total. The number of nitrogens with one attached hydrogen (secondary N) is 2. The lowest BCUT2D eigenvalue weighted by atomic mass is 10.1. The van der Waals surface area contributed by atoms with Crippen molar-refractivity contribution >= 4 is 39.5 Å². The standard InChI is InChI=1S/C20H19N3O4S/c1-2-11-21-20(26)23-17(24)12-27-19(25)14-8-4-3-7-13(14)18-22-15-9-5-6-10-16(15)28-18/h3-10H,2,11-12H2,1H3,(H2,21,23,24,26). The average molecular weight is 397 g/mol. The first-order chi connectivity index (χ1) is 13.6. The van der Waals surface area contributed by atoms with Gasteiger partial charge in [0.2, 0.25) is 0 Å². The molecule has 3 aromatic rings. The van der Waals surface area contributed by atoms with Crippen LogP contribution in [0.2, 0.25) is 0 Å². The number of urea groups is 1. The Morgan fingerprint density at radius 3 is 2.61 bits per heavy atom. The summed E-state index contributed by atoms with van der Waals surface area (Å²) in [5, 5.41) is 5.31. The maximum absolute atomic E-state index is 12.5. The van der Waals surface area contributed by atoms with Gasteiger partial charge in [-0.15, -0.1) is 11.3 Å². The number of nitrogens with zero attached hydrogens (tertiary/aromatic N) is 1. The van der Waals surface area contributed by atoms with Gasteiger partial charge in [-0.2, -0.15) is 0 Å². The van der Waals surface area contributed by atoms with E-state index in [2.05, 4.69) is 15.6 Å². The Balaban J connectivity index is 1.69. The predicted octanol–water partition coefficient (Wildman–Crippen LogP) is 3.36. The molecule has 0 aliphatic carbocycles. The maximum Gasteiger partial charge on any atom is 0.339 e. The Kier molecular flexibility index (Phi) is 6.33. The van der Waals surface area contributed by atoms with Crippen molar-refractivity contribution in [3.63, 3.8) is 0 Å². The highest BCUT2D eigenvalue weighted by Crippen LogP contribution is 2.32. The molecule has 0 atom stereocenters. The van der Waals surface area contributed by atoms with Crippen LogP contribution in [0.5, 0.6) is 0 Å². The molecule has 2 aromatic carbocycles. The molecule has 3 rings (SSSR count). The SMILES string of the molecule is CCCNC(=O)NC(=O)COC(=O)c1ccccc1-c1nc2ccccc2s1. The lowest BCUT2D eigenvalue weighted by molar-refractivity contribution is -0.123. The van der Waals surface area contributed by atoms with E-state index in [1.165, 1.54) is 11.3 Å². The summed E-state index contributed by atoms with van der Waals surface area (Å²) in [6.07, 6.45) is 0.749. The summed E-state index contributed by atoms with van der Waals surface area (Å²) in [6.45, 7) is 1.80. The molecule has 0 bridgehead atoms. The maximum atomic E-state index is 12.5. The molecular weight excluding hydrogens is 378 g/mol. The monoisotopic (exact) mass is 397 g/mol. The van der Waals surface area contributed by atoms with Gasteiger partial charge in [-0.1, -0.05) is 37.3 Å². The van der Waals surface area contributed by atoms with Crippen LogP contribution in [0.25, 0.3) is 20.8 Å². The van der Waals surface area contributed by atoms with Crippen molar-refractivity contribution in [1.29, 1.82) is 0 Å². The van der Waals surface area contributed by atoms with Gasteiger partial charge in [-0.3, -0.25) is 10.1 Å². The lowest BCUT2D eigenvalue weighted by Gasteiger charge is -2.08. The zero-order valence-corrected chi connectivity index (χ0v) is 16.0. The highest BCUT2D eigenvalue weighted by atomic mass is 32.1. The summed E-state index contributed by atoms with van der Waals surface area (Å²) in [6, 6.07) is 14.0. The van der Waals surface area contributed by atoms with Crippen LogP contribution in [-0.4, -0.2) is 36.0 Å². The summed E-state index contributed by atoms with van der Waals surface area (Å²) in [5.41, 5.74) is 1.79. The van der Waals surface area contributed by atoms with E-state index in [-0.39, 0.29) is 0 Å². The number of para-hydroxylation sites is 1. The Bertz CT molecular complexity index is 982. The molecular formula is C20H19N3O4S. The van der Waals surface area contributed by atoms with Crippen LogP contribution >= 0.6 is 11.3 Å². The van der Waals surface area contributed by atoms with Crippen molar-refractivity contribution in [2.45, 2.75) is 13.3 Å². The lowest BCUT2D eigenvalue weighted by Crippen LogP contribution is -2.41. The van der Waals surface area contributed by atoms with Crippen LogP contribution in [-0.2, 0) is 9.53 Å². The Hall–Kier alpha value is -3.26. The average Bonchev–Trinajstić information content (AvgIpc) is 3.14. The molecule has 8 heteroatoms. The van der Waals surface area contributed by atoms with Crippen LogP contribution < -0.4 is 10.6 Å². The Labute approximate surface area is 165 Å². The van der Waals surface area contributed by atoms with Crippen LogP contribution in [0.4, 0.5) is 4.79 Å². The van der Waals surface area contributed by atoms with Gasteiger partial charge in [0.1, 0.15) is 5.01 Å². The zero-order chi connectivity index (χ0) is 19.9. The minimum atomic E-state index is -0.695. The summed E-state index contributed by atoms with van der Waals surface area (Å²) in [5.74, 6) is -1.35. The van der Waals surface area contributed by atoms with Gasteiger partial charge in [-0.05, 0) is 24.6 Å². The van der Waals surface area contributed by atoms with Crippen molar-refractivity contribution in [1.82, 2.24) is 15.6 Å². The molecule has 0 saturated carbocycles. The number of fused-ring (bicyclic) bond motifs is 1. The second kappa shape index (κ2) is 9.09. The second-order valence-electron chi connectivity index (χ2n) is 5.91. The molecule has 0 saturated heterocycles. The molecule has 0 unspecified atom stereocenters. The molecule has 0 radical (unpaired) electrons. The first-order valence-corrected chi connectivity index (χ1v) is 9.60. The highest BCUT2D eigenvalue weighted by molar-refractivity contribution is 7.21. The fourth-order valence-corrected chi connectivity index (χ4v) is 3.49. The quantitative estimate of drug-likeness (QED) is 0.622. The van der Waals surface area contributed by atoms with Crippen molar-refractivity contribution in [2.75, 3.05) is 13.2 Å². The molecule has 1 heterocycles. The Morgan fingerprint density at radius 1 is 1.07 bits per heavy atom. The van der Waals surface area contributed by atoms with Gasteiger partial charge >= 0.3 is 12.0 Å². The third kappa shape index (κ3) is 4.72. The fraction of sp³-hybridized carbons (Fsp3) is 0.200. The van der Waals surface area contributed by atoms with Crippen LogP contribution in [0.3, 0.4) is 0 Å². The number of imide groups is 1. The van der Waals surface area contributed by atoms with Gasteiger partial charge in [0, 0.05) is 12.1 Å². The molecule has 3 amide bonds. The van der Waals surface area contributed by atoms with Crippen LogP contribution in [0, 0.1) is 0 Å². The number of hydrogen-bond donors (Lipinski definition) is 2. The van der Waals surface area contributed by atoms with E-state index < -0.39 is 24.5 Å². The number of carbonyl (C=O) groups is 3. The molecule has 1 aromatic heterocycles. The molecule has 28 heavy (non-hydrogen) atoms. The van der Waals surface area contributed by atoms with Crippen molar-refractivity contribution in [3.05, 3.63) is 54.1 Å². The largest absolute Gasteiger partial charge is 0.452 e. The van der Waals surface area contributed by atoms with E-state index in [4.69, 9.17) is 4.74 Å². The smallest absolute Gasteiger partial charge is 0.339 e. The van der Waals surface area contributed by atoms with Gasteiger partial charge in [0.15, 0.2) is 6.61 Å². The van der Waals surface area contributed by atoms with Gasteiger partial charge < -0.3 is 10.1 Å². The number of aromatic nitrogens is 1. The fourth-order valence-electron chi connectivity index (χ4n) is 2.49. The summed E-state index contributed by atoms with van der Waals surface area (Å²) in [4.78, 5) is 40.3. The molecule has 0 aliphatic rings. The zero-order valence-electron chi connectivity index (χ0n) is 15.2. The summed E-state index contributed by atoms with van der Waals surface area (Å²) >= 11 is 1.47. The first kappa shape index (κ1) is 19.5. The van der Waals surface area contributed by atoms with E-state index in [1.807, 2.05) is 37.3 Å². The molecule has 0 fully saturated rings. The van der Waals surface area contributed by atoms with Crippen molar-refractivity contribution in [3.8, 4) is 10.6 Å². The second-order valence-corrected chi connectivity index (χ2v) is 6.94. The molecule has 0 spiro atoms. The van der Waals surface area contributed by atoms with Crippen molar-refractivity contribution in [2.24, 2.45) is 0 Å². The van der Waals surface area contributed by atoms with E-state index >= 15 is 0 Å². The number of esters is 1. The Morgan fingerprint density at radius 2 is 1.82 bits per heavy atom. The normalized spacial score (nSPS) is 10.5.